The van der Waals surface area contributed by atoms with E-state index >= 15 is 0 Å². The molecular formula is C16H22FN3O5S2. The fraction of sp³-hybridized carbons (Fsp3) is 0.562. The fourth-order valence-corrected chi connectivity index (χ4v) is 6.14. The third kappa shape index (κ3) is 4.00. The lowest BCUT2D eigenvalue weighted by molar-refractivity contribution is -0.135. The first-order valence-electron chi connectivity index (χ1n) is 8.62. The van der Waals surface area contributed by atoms with Gasteiger partial charge in [0.25, 0.3) is 0 Å². The zero-order valence-corrected chi connectivity index (χ0v) is 16.5. The Balaban J connectivity index is 1.69. The van der Waals surface area contributed by atoms with E-state index in [1.54, 1.807) is 0 Å². The topological polar surface area (TPSA) is 95.1 Å². The highest BCUT2D eigenvalue weighted by Gasteiger charge is 2.40. The Bertz CT molecular complexity index is 927. The summed E-state index contributed by atoms with van der Waals surface area (Å²) in [4.78, 5) is 13.8. The Kier molecular flexibility index (Phi) is 5.57. The van der Waals surface area contributed by atoms with Crippen molar-refractivity contribution in [3.05, 3.63) is 30.1 Å². The second-order valence-electron chi connectivity index (χ2n) is 6.69. The predicted octanol–water partition coefficient (Wildman–Crippen LogP) is 0.0826. The van der Waals surface area contributed by atoms with E-state index in [2.05, 4.69) is 0 Å². The Morgan fingerprint density at radius 3 is 2.26 bits per heavy atom. The van der Waals surface area contributed by atoms with E-state index in [-0.39, 0.29) is 37.0 Å². The minimum Gasteiger partial charge on any atom is -0.339 e. The molecule has 0 spiro atoms. The zero-order chi connectivity index (χ0) is 19.8. The smallest absolute Gasteiger partial charge is 0.246 e. The average molecular weight is 420 g/mol. The highest BCUT2D eigenvalue weighted by Crippen LogP contribution is 2.24. The van der Waals surface area contributed by atoms with Crippen molar-refractivity contribution < 1.29 is 26.0 Å². The number of hydrogen-bond acceptors (Lipinski definition) is 5. The van der Waals surface area contributed by atoms with Gasteiger partial charge in [0.05, 0.1) is 6.26 Å². The predicted molar refractivity (Wildman–Crippen MR) is 96.3 cm³/mol. The van der Waals surface area contributed by atoms with Crippen LogP contribution in [-0.4, -0.2) is 81.3 Å². The summed E-state index contributed by atoms with van der Waals surface area (Å²) < 4.78 is 65.1. The summed E-state index contributed by atoms with van der Waals surface area (Å²) >= 11 is 0. The first kappa shape index (κ1) is 20.2. The third-order valence-electron chi connectivity index (χ3n) is 4.92. The molecule has 1 amide bonds. The van der Waals surface area contributed by atoms with Crippen LogP contribution < -0.4 is 0 Å². The Labute approximate surface area is 158 Å². The van der Waals surface area contributed by atoms with Gasteiger partial charge >= 0.3 is 0 Å². The molecule has 0 N–H and O–H groups in total. The van der Waals surface area contributed by atoms with Crippen LogP contribution in [-0.2, 0) is 24.8 Å². The van der Waals surface area contributed by atoms with E-state index in [4.69, 9.17) is 0 Å². The van der Waals surface area contributed by atoms with Crippen LogP contribution in [0.15, 0.2) is 29.2 Å². The number of halogens is 1. The standard InChI is InChI=1S/C16H22FN3O5S2/c1-26(22,23)20-8-4-6-14(20)16(21)18-9-11-19(12-10-18)27(24,25)15-7-3-2-5-13(15)17/h2-3,5,7,14H,4,6,8-12H2,1H3. The number of carbonyl (C=O) groups is 1. The van der Waals surface area contributed by atoms with Gasteiger partial charge in [0.1, 0.15) is 16.8 Å². The molecule has 0 aliphatic carbocycles. The van der Waals surface area contributed by atoms with E-state index in [1.807, 2.05) is 0 Å². The number of hydrogen-bond donors (Lipinski definition) is 0. The van der Waals surface area contributed by atoms with E-state index in [9.17, 15) is 26.0 Å². The zero-order valence-electron chi connectivity index (χ0n) is 14.9. The molecule has 0 aromatic heterocycles. The SMILES string of the molecule is CS(=O)(=O)N1CCCC1C(=O)N1CCN(S(=O)(=O)c2ccccc2F)CC1. The summed E-state index contributed by atoms with van der Waals surface area (Å²) in [7, 11) is -7.45. The molecule has 0 radical (unpaired) electrons. The van der Waals surface area contributed by atoms with Crippen LogP contribution in [0.5, 0.6) is 0 Å². The van der Waals surface area contributed by atoms with Crippen LogP contribution in [0, 0.1) is 5.82 Å². The van der Waals surface area contributed by atoms with Crippen molar-refractivity contribution in [2.45, 2.75) is 23.8 Å². The van der Waals surface area contributed by atoms with Crippen molar-refractivity contribution >= 4 is 26.0 Å². The Morgan fingerprint density at radius 1 is 1.04 bits per heavy atom. The van der Waals surface area contributed by atoms with E-state index in [0.29, 0.717) is 19.4 Å². The molecule has 2 aliphatic rings. The molecule has 2 saturated heterocycles. The molecule has 11 heteroatoms. The van der Waals surface area contributed by atoms with Gasteiger partial charge in [-0.2, -0.15) is 8.61 Å². The van der Waals surface area contributed by atoms with Crippen LogP contribution in [0.4, 0.5) is 4.39 Å². The van der Waals surface area contributed by atoms with Crippen LogP contribution in [0.25, 0.3) is 0 Å². The van der Waals surface area contributed by atoms with Gasteiger partial charge < -0.3 is 4.90 Å². The van der Waals surface area contributed by atoms with Crippen molar-refractivity contribution in [1.29, 1.82) is 0 Å². The number of sulfonamides is 2. The summed E-state index contributed by atoms with van der Waals surface area (Å²) in [6, 6.07) is 4.45. The molecule has 150 valence electrons. The van der Waals surface area contributed by atoms with Gasteiger partial charge in [-0.05, 0) is 25.0 Å². The summed E-state index contributed by atoms with van der Waals surface area (Å²) in [6.45, 7) is 0.667. The van der Waals surface area contributed by atoms with Gasteiger partial charge in [-0.1, -0.05) is 12.1 Å². The molecule has 3 rings (SSSR count). The summed E-state index contributed by atoms with van der Waals surface area (Å²) in [5.41, 5.74) is 0. The molecular weight excluding hydrogens is 397 g/mol. The minimum atomic E-state index is -3.98. The normalized spacial score (nSPS) is 22.9. The molecule has 1 unspecified atom stereocenters. The van der Waals surface area contributed by atoms with E-state index in [1.165, 1.54) is 27.4 Å². The minimum absolute atomic E-state index is 0.0357. The largest absolute Gasteiger partial charge is 0.339 e. The van der Waals surface area contributed by atoms with Gasteiger partial charge in [-0.25, -0.2) is 21.2 Å². The molecule has 2 fully saturated rings. The lowest BCUT2D eigenvalue weighted by Gasteiger charge is -2.36. The van der Waals surface area contributed by atoms with Crippen molar-refractivity contribution in [3.63, 3.8) is 0 Å². The number of benzene rings is 1. The van der Waals surface area contributed by atoms with Gasteiger partial charge in [0.15, 0.2) is 0 Å². The molecule has 27 heavy (non-hydrogen) atoms. The first-order chi connectivity index (χ1) is 12.6. The maximum absolute atomic E-state index is 13.9. The van der Waals surface area contributed by atoms with Crippen molar-refractivity contribution in [1.82, 2.24) is 13.5 Å². The molecule has 0 saturated carbocycles. The summed E-state index contributed by atoms with van der Waals surface area (Å²) in [6.07, 6.45) is 2.16. The maximum Gasteiger partial charge on any atom is 0.246 e. The quantitative estimate of drug-likeness (QED) is 0.689. The molecule has 2 aliphatic heterocycles. The Hall–Kier alpha value is -1.56. The number of nitrogens with zero attached hydrogens (tertiary/aromatic N) is 3. The molecule has 2 heterocycles. The van der Waals surface area contributed by atoms with Crippen LogP contribution in [0.1, 0.15) is 12.8 Å². The van der Waals surface area contributed by atoms with Gasteiger partial charge in [0.2, 0.25) is 26.0 Å². The van der Waals surface area contributed by atoms with E-state index < -0.39 is 31.9 Å². The maximum atomic E-state index is 13.9. The molecule has 1 atom stereocenters. The number of rotatable bonds is 4. The molecule has 0 bridgehead atoms. The van der Waals surface area contributed by atoms with Gasteiger partial charge in [-0.15, -0.1) is 0 Å². The second-order valence-corrected chi connectivity index (χ2v) is 10.5. The van der Waals surface area contributed by atoms with Gasteiger partial charge in [0, 0.05) is 32.7 Å². The average Bonchev–Trinajstić information content (AvgIpc) is 3.11. The number of amides is 1. The van der Waals surface area contributed by atoms with Crippen LogP contribution in [0.2, 0.25) is 0 Å². The number of carbonyl (C=O) groups excluding carboxylic acids is 1. The monoisotopic (exact) mass is 419 g/mol. The lowest BCUT2D eigenvalue weighted by Crippen LogP contribution is -2.55. The van der Waals surface area contributed by atoms with E-state index in [0.717, 1.165) is 16.6 Å². The molecule has 1 aromatic rings. The van der Waals surface area contributed by atoms with Gasteiger partial charge in [-0.3, -0.25) is 4.79 Å². The molecule has 8 nitrogen and oxygen atoms in total. The first-order valence-corrected chi connectivity index (χ1v) is 11.9. The van der Waals surface area contributed by atoms with Crippen molar-refractivity contribution in [2.24, 2.45) is 0 Å². The Morgan fingerprint density at radius 2 is 1.67 bits per heavy atom. The molecule has 1 aromatic carbocycles. The van der Waals surface area contributed by atoms with Crippen molar-refractivity contribution in [3.8, 4) is 0 Å². The lowest BCUT2D eigenvalue weighted by atomic mass is 10.2. The van der Waals surface area contributed by atoms with Crippen LogP contribution >= 0.6 is 0 Å². The summed E-state index contributed by atoms with van der Waals surface area (Å²) in [5.74, 6) is -1.12. The van der Waals surface area contributed by atoms with Crippen molar-refractivity contribution in [2.75, 3.05) is 39.0 Å². The number of piperazine rings is 1. The highest BCUT2D eigenvalue weighted by atomic mass is 32.2. The summed E-state index contributed by atoms with van der Waals surface area (Å²) in [5, 5.41) is 0. The highest BCUT2D eigenvalue weighted by molar-refractivity contribution is 7.89. The third-order valence-corrected chi connectivity index (χ3v) is 8.14. The fourth-order valence-electron chi connectivity index (χ4n) is 3.54. The second kappa shape index (κ2) is 7.46. The van der Waals surface area contributed by atoms with Crippen LogP contribution in [0.3, 0.4) is 0 Å².